The van der Waals surface area contributed by atoms with Gasteiger partial charge in [0.15, 0.2) is 11.5 Å². The monoisotopic (exact) mass is 419 g/mol. The zero-order chi connectivity index (χ0) is 22.4. The molecule has 1 atom stereocenters. The maximum Gasteiger partial charge on any atom is 0.343 e. The van der Waals surface area contributed by atoms with E-state index in [-0.39, 0.29) is 28.3 Å². The highest BCUT2D eigenvalue weighted by Crippen LogP contribution is 2.27. The molecular weight excluding hydrogens is 398 g/mol. The van der Waals surface area contributed by atoms with Crippen molar-refractivity contribution in [1.82, 2.24) is 0 Å². The maximum absolute atomic E-state index is 12.8. The maximum atomic E-state index is 12.8. The van der Waals surface area contributed by atoms with Crippen molar-refractivity contribution in [3.63, 3.8) is 0 Å². The molecule has 3 rings (SSSR count). The van der Waals surface area contributed by atoms with Gasteiger partial charge in [0.05, 0.1) is 18.2 Å². The summed E-state index contributed by atoms with van der Waals surface area (Å²) in [4.78, 5) is 25.3. The van der Waals surface area contributed by atoms with E-state index in [0.717, 1.165) is 11.1 Å². The van der Waals surface area contributed by atoms with Gasteiger partial charge in [-0.2, -0.15) is 5.23 Å². The van der Waals surface area contributed by atoms with Gasteiger partial charge in [0.2, 0.25) is 0 Å². The third-order valence-corrected chi connectivity index (χ3v) is 4.53. The molecule has 0 bridgehead atoms. The van der Waals surface area contributed by atoms with Gasteiger partial charge in [0.1, 0.15) is 11.5 Å². The molecule has 0 saturated heterocycles. The van der Waals surface area contributed by atoms with Crippen LogP contribution in [0.15, 0.2) is 72.8 Å². The Balaban J connectivity index is 1.84. The molecule has 2 N–H and O–H groups in total. The molecule has 0 aliphatic carbocycles. The minimum atomic E-state index is -1.10. The Bertz CT molecular complexity index is 1100. The number of esters is 1. The minimum Gasteiger partial charge on any atom is -0.595 e. The lowest BCUT2D eigenvalue weighted by Crippen LogP contribution is -2.99. The third-order valence-electron chi connectivity index (χ3n) is 4.53. The summed E-state index contributed by atoms with van der Waals surface area (Å²) >= 11 is 0. The van der Waals surface area contributed by atoms with Crippen LogP contribution in [0.5, 0.6) is 11.5 Å². The summed E-state index contributed by atoms with van der Waals surface area (Å²) in [7, 11) is 1.46. The molecule has 0 fully saturated rings. The fourth-order valence-electron chi connectivity index (χ4n) is 2.76. The molecule has 0 saturated carbocycles. The van der Waals surface area contributed by atoms with Gasteiger partial charge in [-0.15, -0.1) is 0 Å². The van der Waals surface area contributed by atoms with Crippen molar-refractivity contribution >= 4 is 23.5 Å². The van der Waals surface area contributed by atoms with Crippen LogP contribution in [0.3, 0.4) is 0 Å². The SMILES string of the molecule is COc1ccc(C(=O)C=Cc2ccc(C)cc2)c(OC(=O)c2ccc([NH+]([O-])O)cc2)c1. The lowest BCUT2D eigenvalue weighted by Gasteiger charge is -2.12. The molecule has 7 heteroatoms. The molecule has 158 valence electrons. The number of aryl methyl sites for hydroxylation is 1. The lowest BCUT2D eigenvalue weighted by molar-refractivity contribution is -0.991. The Labute approximate surface area is 179 Å². The van der Waals surface area contributed by atoms with Crippen LogP contribution >= 0.6 is 0 Å². The standard InChI is InChI=1S/C24H21NO6/c1-16-3-5-17(6-4-16)7-14-22(26)21-13-12-20(30-2)15-23(21)31-24(27)18-8-10-19(11-9-18)25(28)29/h3-15,25,28H,1-2H3. The van der Waals surface area contributed by atoms with Crippen molar-refractivity contribution in [2.24, 2.45) is 0 Å². The first-order valence-corrected chi connectivity index (χ1v) is 9.40. The van der Waals surface area contributed by atoms with Gasteiger partial charge < -0.3 is 14.7 Å². The van der Waals surface area contributed by atoms with E-state index in [4.69, 9.17) is 14.7 Å². The average Bonchev–Trinajstić information content (AvgIpc) is 2.78. The number of carbonyl (C=O) groups is 2. The van der Waals surface area contributed by atoms with Crippen LogP contribution in [-0.4, -0.2) is 24.1 Å². The molecule has 0 aliphatic rings. The van der Waals surface area contributed by atoms with Gasteiger partial charge in [-0.3, -0.25) is 4.79 Å². The number of ether oxygens (including phenoxy) is 2. The fraction of sp³-hybridized carbons (Fsp3) is 0.0833. The number of rotatable bonds is 7. The normalized spacial score (nSPS) is 11.9. The largest absolute Gasteiger partial charge is 0.595 e. The van der Waals surface area contributed by atoms with E-state index in [2.05, 4.69) is 0 Å². The first-order valence-electron chi connectivity index (χ1n) is 9.40. The lowest BCUT2D eigenvalue weighted by atomic mass is 10.1. The first kappa shape index (κ1) is 21.9. The van der Waals surface area contributed by atoms with Crippen LogP contribution in [-0.2, 0) is 0 Å². The fourth-order valence-corrected chi connectivity index (χ4v) is 2.76. The second-order valence-corrected chi connectivity index (χ2v) is 6.74. The Morgan fingerprint density at radius 2 is 1.68 bits per heavy atom. The van der Waals surface area contributed by atoms with E-state index < -0.39 is 11.2 Å². The zero-order valence-corrected chi connectivity index (χ0v) is 17.0. The van der Waals surface area contributed by atoms with Crippen molar-refractivity contribution < 1.29 is 29.5 Å². The number of nitrogens with one attached hydrogen (secondary N) is 1. The summed E-state index contributed by atoms with van der Waals surface area (Å²) in [6, 6.07) is 17.6. The summed E-state index contributed by atoms with van der Waals surface area (Å²) in [6.45, 7) is 1.98. The van der Waals surface area contributed by atoms with Gasteiger partial charge >= 0.3 is 5.97 Å². The Morgan fingerprint density at radius 3 is 2.29 bits per heavy atom. The number of hydrogen-bond donors (Lipinski definition) is 2. The number of hydrogen-bond acceptors (Lipinski definition) is 6. The minimum absolute atomic E-state index is 0.0465. The van der Waals surface area contributed by atoms with Crippen molar-refractivity contribution in [3.8, 4) is 11.5 Å². The van der Waals surface area contributed by atoms with Crippen LogP contribution in [0.1, 0.15) is 31.8 Å². The van der Waals surface area contributed by atoms with E-state index >= 15 is 0 Å². The van der Waals surface area contributed by atoms with Crippen LogP contribution in [0, 0.1) is 12.1 Å². The number of ketones is 1. The molecule has 0 aliphatic heterocycles. The summed E-state index contributed by atoms with van der Waals surface area (Å²) in [5, 5.41) is 18.9. The summed E-state index contributed by atoms with van der Waals surface area (Å²) < 4.78 is 10.6. The van der Waals surface area contributed by atoms with E-state index in [1.54, 1.807) is 12.1 Å². The summed E-state index contributed by atoms with van der Waals surface area (Å²) in [5.74, 6) is -0.595. The molecule has 7 nitrogen and oxygen atoms in total. The molecular formula is C24H21NO6. The zero-order valence-electron chi connectivity index (χ0n) is 17.0. The Morgan fingerprint density at radius 1 is 1.00 bits per heavy atom. The third kappa shape index (κ3) is 5.64. The number of quaternary nitrogens is 1. The van der Waals surface area contributed by atoms with Crippen LogP contribution in [0.4, 0.5) is 5.69 Å². The molecule has 1 unspecified atom stereocenters. The number of benzene rings is 3. The van der Waals surface area contributed by atoms with E-state index in [9.17, 15) is 14.8 Å². The molecule has 3 aromatic carbocycles. The average molecular weight is 419 g/mol. The molecule has 0 spiro atoms. The highest BCUT2D eigenvalue weighted by molar-refractivity contribution is 6.09. The predicted molar refractivity (Wildman–Crippen MR) is 115 cm³/mol. The second-order valence-electron chi connectivity index (χ2n) is 6.74. The van der Waals surface area contributed by atoms with Gasteiger partial charge in [-0.25, -0.2) is 10.0 Å². The first-order chi connectivity index (χ1) is 14.9. The van der Waals surface area contributed by atoms with Gasteiger partial charge in [0.25, 0.3) is 0 Å². The van der Waals surface area contributed by atoms with E-state index in [0.29, 0.717) is 5.75 Å². The van der Waals surface area contributed by atoms with Gasteiger partial charge in [-0.05, 0) is 42.8 Å². The smallest absolute Gasteiger partial charge is 0.343 e. The Kier molecular flexibility index (Phi) is 6.94. The number of carbonyl (C=O) groups excluding carboxylic acids is 2. The highest BCUT2D eigenvalue weighted by Gasteiger charge is 2.17. The summed E-state index contributed by atoms with van der Waals surface area (Å²) in [6.07, 6.45) is 3.09. The summed E-state index contributed by atoms with van der Waals surface area (Å²) in [5.41, 5.74) is 2.38. The highest BCUT2D eigenvalue weighted by atomic mass is 16.8. The van der Waals surface area contributed by atoms with Gasteiger partial charge in [-0.1, -0.05) is 35.9 Å². The van der Waals surface area contributed by atoms with Gasteiger partial charge in [0, 0.05) is 18.2 Å². The van der Waals surface area contributed by atoms with Crippen LogP contribution in [0.25, 0.3) is 6.08 Å². The Hall–Kier alpha value is -3.78. The van der Waals surface area contributed by atoms with Crippen LogP contribution in [0.2, 0.25) is 0 Å². The molecule has 0 aromatic heterocycles. The predicted octanol–water partition coefficient (Wildman–Crippen LogP) is 3.52. The molecule has 3 aromatic rings. The molecule has 0 heterocycles. The molecule has 31 heavy (non-hydrogen) atoms. The molecule has 0 radical (unpaired) electrons. The van der Waals surface area contributed by atoms with Crippen molar-refractivity contribution in [1.29, 1.82) is 0 Å². The van der Waals surface area contributed by atoms with Crippen LogP contribution < -0.4 is 14.7 Å². The van der Waals surface area contributed by atoms with Crippen molar-refractivity contribution in [2.75, 3.05) is 7.11 Å². The number of allylic oxidation sites excluding steroid dienone is 1. The van der Waals surface area contributed by atoms with E-state index in [1.165, 1.54) is 49.6 Å². The quantitative estimate of drug-likeness (QED) is 0.200. The van der Waals surface area contributed by atoms with E-state index in [1.807, 2.05) is 31.2 Å². The topological polar surface area (TPSA) is 100 Å². The molecule has 0 amide bonds. The number of methoxy groups -OCH3 is 1. The second kappa shape index (κ2) is 9.82. The van der Waals surface area contributed by atoms with Crippen molar-refractivity contribution in [3.05, 3.63) is 100 Å². The van der Waals surface area contributed by atoms with Crippen molar-refractivity contribution in [2.45, 2.75) is 6.92 Å².